The molecule has 0 amide bonds. The number of nitrogens with one attached hydrogen (secondary N) is 1. The number of halogens is 1. The molecule has 1 saturated carbocycles. The van der Waals surface area contributed by atoms with E-state index in [2.05, 4.69) is 29.8 Å². The van der Waals surface area contributed by atoms with E-state index < -0.39 is 0 Å². The highest BCUT2D eigenvalue weighted by molar-refractivity contribution is 5.95. The number of hydrogen-bond acceptors (Lipinski definition) is 2. The van der Waals surface area contributed by atoms with E-state index in [1.54, 1.807) is 0 Å². The topological polar surface area (TPSA) is 29.9 Å². The summed E-state index contributed by atoms with van der Waals surface area (Å²) in [6, 6.07) is 9.44. The van der Waals surface area contributed by atoms with E-state index >= 15 is 0 Å². The Balaban J connectivity index is 1.74. The second kappa shape index (κ2) is 5.62. The van der Waals surface area contributed by atoms with Gasteiger partial charge in [0.1, 0.15) is 11.6 Å². The predicted molar refractivity (Wildman–Crippen MR) is 95.9 cm³/mol. The maximum absolute atomic E-state index is 13.1. The van der Waals surface area contributed by atoms with Gasteiger partial charge in [0.05, 0.1) is 5.52 Å². The molecule has 24 heavy (non-hydrogen) atoms. The molecule has 2 heterocycles. The number of pyridine rings is 1. The Bertz CT molecular complexity index is 905. The summed E-state index contributed by atoms with van der Waals surface area (Å²) in [5.41, 5.74) is 5.98. The van der Waals surface area contributed by atoms with Gasteiger partial charge in [-0.3, -0.25) is 0 Å². The van der Waals surface area contributed by atoms with Crippen LogP contribution in [0.15, 0.2) is 30.3 Å². The molecular formula is C20H22FN3. The number of aromatic nitrogens is 2. The quantitative estimate of drug-likeness (QED) is 0.728. The number of hydrogen-bond donors (Lipinski definition) is 1. The lowest BCUT2D eigenvalue weighted by Crippen LogP contribution is -2.03. The molecule has 1 aromatic carbocycles. The molecule has 0 saturated heterocycles. The van der Waals surface area contributed by atoms with Gasteiger partial charge >= 0.3 is 0 Å². The normalized spacial score (nSPS) is 14.3. The summed E-state index contributed by atoms with van der Waals surface area (Å²) in [7, 11) is 0. The van der Waals surface area contributed by atoms with Crippen molar-refractivity contribution in [1.29, 1.82) is 0 Å². The molecule has 0 spiro atoms. The van der Waals surface area contributed by atoms with Crippen LogP contribution in [0.4, 0.5) is 10.2 Å². The monoisotopic (exact) mass is 323 g/mol. The second-order valence-electron chi connectivity index (χ2n) is 6.80. The number of nitrogens with zero attached hydrogens (tertiary/aromatic N) is 2. The molecule has 124 valence electrons. The molecule has 3 aromatic rings. The fourth-order valence-corrected chi connectivity index (χ4v) is 3.48. The lowest BCUT2D eigenvalue weighted by molar-refractivity contribution is 0.627. The van der Waals surface area contributed by atoms with Gasteiger partial charge < -0.3 is 9.88 Å². The summed E-state index contributed by atoms with van der Waals surface area (Å²) in [6.45, 7) is 7.06. The zero-order chi connectivity index (χ0) is 16.8. The van der Waals surface area contributed by atoms with Gasteiger partial charge in [0, 0.05) is 29.4 Å². The van der Waals surface area contributed by atoms with Crippen molar-refractivity contribution in [3.05, 3.63) is 58.7 Å². The molecule has 0 bridgehead atoms. The predicted octanol–water partition coefficient (Wildman–Crippen LogP) is 5.05. The zero-order valence-corrected chi connectivity index (χ0v) is 14.4. The minimum Gasteiger partial charge on any atom is -0.365 e. The van der Waals surface area contributed by atoms with Gasteiger partial charge in [0.2, 0.25) is 0 Å². The molecule has 4 heteroatoms. The first-order valence-electron chi connectivity index (χ1n) is 8.51. The van der Waals surface area contributed by atoms with Crippen LogP contribution in [-0.2, 0) is 6.54 Å². The van der Waals surface area contributed by atoms with E-state index in [4.69, 9.17) is 4.98 Å². The largest absolute Gasteiger partial charge is 0.365 e. The molecule has 4 rings (SSSR count). The Kier molecular flexibility index (Phi) is 3.56. The Morgan fingerprint density at radius 2 is 1.88 bits per heavy atom. The third kappa shape index (κ3) is 2.56. The van der Waals surface area contributed by atoms with Crippen molar-refractivity contribution in [2.75, 3.05) is 5.32 Å². The molecule has 1 aliphatic rings. The van der Waals surface area contributed by atoms with Crippen molar-refractivity contribution in [1.82, 2.24) is 9.55 Å². The van der Waals surface area contributed by atoms with Gasteiger partial charge in [-0.1, -0.05) is 12.1 Å². The first-order chi connectivity index (χ1) is 11.5. The van der Waals surface area contributed by atoms with E-state index in [1.165, 1.54) is 47.1 Å². The maximum Gasteiger partial charge on any atom is 0.136 e. The Morgan fingerprint density at radius 1 is 1.17 bits per heavy atom. The van der Waals surface area contributed by atoms with Gasteiger partial charge in [-0.05, 0) is 62.9 Å². The van der Waals surface area contributed by atoms with Gasteiger partial charge in [0.25, 0.3) is 0 Å². The number of aryl methyl sites for hydroxylation is 2. The van der Waals surface area contributed by atoms with E-state index in [0.717, 1.165) is 17.1 Å². The molecule has 1 N–H and O–H groups in total. The lowest BCUT2D eigenvalue weighted by Gasteiger charge is -2.10. The van der Waals surface area contributed by atoms with Crippen molar-refractivity contribution in [2.24, 2.45) is 0 Å². The van der Waals surface area contributed by atoms with Crippen LogP contribution in [0.1, 0.15) is 41.4 Å². The van der Waals surface area contributed by atoms with Crippen LogP contribution < -0.4 is 5.32 Å². The second-order valence-corrected chi connectivity index (χ2v) is 6.80. The minimum atomic E-state index is -0.206. The summed E-state index contributed by atoms with van der Waals surface area (Å²) < 4.78 is 15.5. The van der Waals surface area contributed by atoms with Crippen molar-refractivity contribution in [2.45, 2.75) is 46.2 Å². The van der Waals surface area contributed by atoms with Crippen molar-refractivity contribution in [3.8, 4) is 0 Å². The highest BCUT2D eigenvalue weighted by atomic mass is 19.1. The Labute approximate surface area is 141 Å². The van der Waals surface area contributed by atoms with Crippen molar-refractivity contribution in [3.63, 3.8) is 0 Å². The van der Waals surface area contributed by atoms with Gasteiger partial charge in [-0.15, -0.1) is 0 Å². The van der Waals surface area contributed by atoms with Crippen molar-refractivity contribution < 1.29 is 4.39 Å². The van der Waals surface area contributed by atoms with Crippen LogP contribution in [0.5, 0.6) is 0 Å². The van der Waals surface area contributed by atoms with E-state index in [1.807, 2.05) is 19.1 Å². The average molecular weight is 323 g/mol. The molecular weight excluding hydrogens is 301 g/mol. The van der Waals surface area contributed by atoms with Gasteiger partial charge in [-0.25, -0.2) is 9.37 Å². The minimum absolute atomic E-state index is 0.206. The molecule has 0 radical (unpaired) electrons. The number of fused-ring (bicyclic) bond motifs is 1. The van der Waals surface area contributed by atoms with Crippen LogP contribution in [0.3, 0.4) is 0 Å². The fraction of sp³-hybridized carbons (Fsp3) is 0.350. The molecule has 0 aliphatic heterocycles. The first-order valence-corrected chi connectivity index (χ1v) is 8.51. The van der Waals surface area contributed by atoms with Crippen LogP contribution in [-0.4, -0.2) is 9.55 Å². The summed E-state index contributed by atoms with van der Waals surface area (Å²) in [6.07, 6.45) is 2.54. The van der Waals surface area contributed by atoms with Gasteiger partial charge in [0.15, 0.2) is 0 Å². The number of rotatable bonds is 4. The van der Waals surface area contributed by atoms with Crippen LogP contribution >= 0.6 is 0 Å². The van der Waals surface area contributed by atoms with Crippen LogP contribution in [0, 0.1) is 26.6 Å². The number of benzene rings is 1. The van der Waals surface area contributed by atoms with Crippen molar-refractivity contribution >= 4 is 16.7 Å². The van der Waals surface area contributed by atoms with E-state index in [0.29, 0.717) is 12.6 Å². The molecule has 2 aromatic heterocycles. The summed E-state index contributed by atoms with van der Waals surface area (Å²) in [5, 5.41) is 4.67. The molecule has 3 nitrogen and oxygen atoms in total. The van der Waals surface area contributed by atoms with Crippen LogP contribution in [0.25, 0.3) is 10.9 Å². The summed E-state index contributed by atoms with van der Waals surface area (Å²) in [4.78, 5) is 4.73. The first kappa shape index (κ1) is 15.2. The maximum atomic E-state index is 13.1. The highest BCUT2D eigenvalue weighted by Crippen LogP contribution is 2.42. The smallest absolute Gasteiger partial charge is 0.136 e. The van der Waals surface area contributed by atoms with E-state index in [-0.39, 0.29) is 5.82 Å². The average Bonchev–Trinajstić information content (AvgIpc) is 3.35. The Morgan fingerprint density at radius 3 is 2.54 bits per heavy atom. The molecule has 1 aliphatic carbocycles. The summed E-state index contributed by atoms with van der Waals surface area (Å²) >= 11 is 0. The summed E-state index contributed by atoms with van der Waals surface area (Å²) in [5.74, 6) is 0.720. The molecule has 0 atom stereocenters. The lowest BCUT2D eigenvalue weighted by atomic mass is 10.1. The Hall–Kier alpha value is -2.36. The third-order valence-corrected chi connectivity index (χ3v) is 4.95. The molecule has 0 unspecified atom stereocenters. The third-order valence-electron chi connectivity index (χ3n) is 4.95. The van der Waals surface area contributed by atoms with E-state index in [9.17, 15) is 4.39 Å². The SMILES string of the molecule is Cc1cc2c(c(NCc3ccc(F)cc3)n1)c(C)c(C)n2C1CC1. The zero-order valence-electron chi connectivity index (χ0n) is 14.4. The van der Waals surface area contributed by atoms with Gasteiger partial charge in [-0.2, -0.15) is 0 Å². The van der Waals surface area contributed by atoms with Crippen LogP contribution in [0.2, 0.25) is 0 Å². The highest BCUT2D eigenvalue weighted by Gasteiger charge is 2.28. The standard InChI is InChI=1S/C20H22FN3/c1-12-10-18-19(13(2)14(3)24(18)17-8-9-17)20(23-12)22-11-15-4-6-16(21)7-5-15/h4-7,10,17H,8-9,11H2,1-3H3,(H,22,23). The fourth-order valence-electron chi connectivity index (χ4n) is 3.48. The number of anilines is 1. The molecule has 1 fully saturated rings.